The van der Waals surface area contributed by atoms with E-state index in [0.29, 0.717) is 26.2 Å². The number of nitrogens with zero attached hydrogens (tertiary/aromatic N) is 2. The normalized spacial score (nSPS) is 15.5. The minimum Gasteiger partial charge on any atom is -0.358 e. The SMILES string of the molecule is Cc1[nH]c2cccc(C)c2c1C(=O)N1CCN(C=O)CC1. The molecule has 3 rings (SSSR count). The summed E-state index contributed by atoms with van der Waals surface area (Å²) in [5, 5.41) is 1.01. The Morgan fingerprint density at radius 1 is 1.19 bits per heavy atom. The number of nitrogens with one attached hydrogen (secondary N) is 1. The second kappa shape index (κ2) is 5.24. The van der Waals surface area contributed by atoms with Crippen LogP contribution in [0.2, 0.25) is 0 Å². The highest BCUT2D eigenvalue weighted by Gasteiger charge is 2.25. The highest BCUT2D eigenvalue weighted by Crippen LogP contribution is 2.26. The number of piperazine rings is 1. The fraction of sp³-hybridized carbons (Fsp3) is 0.375. The molecule has 1 saturated heterocycles. The minimum atomic E-state index is 0.0543. The number of amides is 2. The third kappa shape index (κ3) is 2.28. The fourth-order valence-electron chi connectivity index (χ4n) is 3.01. The van der Waals surface area contributed by atoms with Crippen LogP contribution < -0.4 is 0 Å². The third-order valence-electron chi connectivity index (χ3n) is 4.18. The van der Waals surface area contributed by atoms with Crippen LogP contribution >= 0.6 is 0 Å². The zero-order valence-electron chi connectivity index (χ0n) is 12.3. The first-order valence-corrected chi connectivity index (χ1v) is 7.18. The number of carbonyl (C=O) groups excluding carboxylic acids is 2. The lowest BCUT2D eigenvalue weighted by atomic mass is 10.0. The average Bonchev–Trinajstić information content (AvgIpc) is 2.84. The van der Waals surface area contributed by atoms with E-state index >= 15 is 0 Å². The van der Waals surface area contributed by atoms with Crippen molar-refractivity contribution in [2.45, 2.75) is 13.8 Å². The summed E-state index contributed by atoms with van der Waals surface area (Å²) in [6.45, 7) is 6.36. The summed E-state index contributed by atoms with van der Waals surface area (Å²) in [7, 11) is 0. The molecule has 0 bridgehead atoms. The molecular formula is C16H19N3O2. The van der Waals surface area contributed by atoms with Gasteiger partial charge in [-0.2, -0.15) is 0 Å². The summed E-state index contributed by atoms with van der Waals surface area (Å²) in [6.07, 6.45) is 0.850. The molecule has 1 aromatic carbocycles. The van der Waals surface area contributed by atoms with Crippen LogP contribution in [0.15, 0.2) is 18.2 Å². The maximum Gasteiger partial charge on any atom is 0.256 e. The quantitative estimate of drug-likeness (QED) is 0.854. The van der Waals surface area contributed by atoms with Gasteiger partial charge in [-0.15, -0.1) is 0 Å². The molecule has 0 radical (unpaired) electrons. The lowest BCUT2D eigenvalue weighted by Gasteiger charge is -2.32. The molecule has 21 heavy (non-hydrogen) atoms. The number of carbonyl (C=O) groups is 2. The summed E-state index contributed by atoms with van der Waals surface area (Å²) in [5.74, 6) is 0.0543. The molecule has 0 unspecified atom stereocenters. The lowest BCUT2D eigenvalue weighted by molar-refractivity contribution is -0.119. The Morgan fingerprint density at radius 3 is 2.57 bits per heavy atom. The molecule has 0 spiro atoms. The Labute approximate surface area is 123 Å². The topological polar surface area (TPSA) is 56.4 Å². The molecule has 1 aliphatic heterocycles. The van der Waals surface area contributed by atoms with Gasteiger partial charge in [-0.05, 0) is 25.5 Å². The van der Waals surface area contributed by atoms with Crippen molar-refractivity contribution in [2.24, 2.45) is 0 Å². The highest BCUT2D eigenvalue weighted by molar-refractivity contribution is 6.09. The smallest absolute Gasteiger partial charge is 0.256 e. The van der Waals surface area contributed by atoms with Crippen LogP contribution in [-0.2, 0) is 4.79 Å². The maximum atomic E-state index is 12.8. The number of aromatic amines is 1. The van der Waals surface area contributed by atoms with Crippen LogP contribution in [-0.4, -0.2) is 53.3 Å². The number of hydrogen-bond donors (Lipinski definition) is 1. The van der Waals surface area contributed by atoms with E-state index in [4.69, 9.17) is 0 Å². The second-order valence-corrected chi connectivity index (χ2v) is 5.56. The zero-order chi connectivity index (χ0) is 15.0. The molecule has 1 aromatic heterocycles. The number of rotatable bonds is 2. The highest BCUT2D eigenvalue weighted by atomic mass is 16.2. The Kier molecular flexibility index (Phi) is 3.41. The van der Waals surface area contributed by atoms with Crippen LogP contribution in [0, 0.1) is 13.8 Å². The molecule has 0 atom stereocenters. The van der Waals surface area contributed by atoms with Gasteiger partial charge in [0, 0.05) is 42.8 Å². The van der Waals surface area contributed by atoms with E-state index in [9.17, 15) is 9.59 Å². The molecule has 2 heterocycles. The first kappa shape index (κ1) is 13.7. The van der Waals surface area contributed by atoms with Gasteiger partial charge in [-0.25, -0.2) is 0 Å². The molecule has 110 valence electrons. The Hall–Kier alpha value is -2.30. The van der Waals surface area contributed by atoms with Crippen molar-refractivity contribution >= 4 is 23.2 Å². The predicted octanol–water partition coefficient (Wildman–Crippen LogP) is 1.70. The van der Waals surface area contributed by atoms with Gasteiger partial charge in [0.25, 0.3) is 5.91 Å². The fourth-order valence-corrected chi connectivity index (χ4v) is 3.01. The van der Waals surface area contributed by atoms with Gasteiger partial charge in [0.15, 0.2) is 0 Å². The van der Waals surface area contributed by atoms with Gasteiger partial charge < -0.3 is 14.8 Å². The molecule has 0 aliphatic carbocycles. The van der Waals surface area contributed by atoms with E-state index in [1.165, 1.54) is 0 Å². The van der Waals surface area contributed by atoms with Crippen LogP contribution in [0.4, 0.5) is 0 Å². The van der Waals surface area contributed by atoms with Crippen molar-refractivity contribution in [3.8, 4) is 0 Å². The van der Waals surface area contributed by atoms with Crippen molar-refractivity contribution in [3.63, 3.8) is 0 Å². The van der Waals surface area contributed by atoms with Gasteiger partial charge in [0.2, 0.25) is 6.41 Å². The van der Waals surface area contributed by atoms with E-state index in [-0.39, 0.29) is 5.91 Å². The standard InChI is InChI=1S/C16H19N3O2/c1-11-4-3-5-13-14(11)15(12(2)17-13)16(21)19-8-6-18(10-20)7-9-19/h3-5,10,17H,6-9H2,1-2H3. The number of hydrogen-bond acceptors (Lipinski definition) is 2. The first-order chi connectivity index (χ1) is 10.1. The number of benzene rings is 1. The van der Waals surface area contributed by atoms with Crippen LogP contribution in [0.3, 0.4) is 0 Å². The number of aromatic nitrogens is 1. The predicted molar refractivity (Wildman–Crippen MR) is 81.3 cm³/mol. The number of aryl methyl sites for hydroxylation is 2. The molecule has 5 nitrogen and oxygen atoms in total. The summed E-state index contributed by atoms with van der Waals surface area (Å²) in [5.41, 5.74) is 3.78. The molecule has 1 fully saturated rings. The van der Waals surface area contributed by atoms with Crippen molar-refractivity contribution in [1.82, 2.24) is 14.8 Å². The first-order valence-electron chi connectivity index (χ1n) is 7.18. The average molecular weight is 285 g/mol. The lowest BCUT2D eigenvalue weighted by Crippen LogP contribution is -2.48. The van der Waals surface area contributed by atoms with Crippen LogP contribution in [0.25, 0.3) is 10.9 Å². The largest absolute Gasteiger partial charge is 0.358 e. The van der Waals surface area contributed by atoms with Gasteiger partial charge in [-0.1, -0.05) is 12.1 Å². The van der Waals surface area contributed by atoms with Gasteiger partial charge in [0.1, 0.15) is 0 Å². The zero-order valence-corrected chi connectivity index (χ0v) is 12.3. The number of H-pyrrole nitrogens is 1. The number of fused-ring (bicyclic) bond motifs is 1. The van der Waals surface area contributed by atoms with E-state index in [1.54, 1.807) is 4.90 Å². The Balaban J connectivity index is 1.95. The molecule has 1 N–H and O–H groups in total. The van der Waals surface area contributed by atoms with Crippen molar-refractivity contribution in [1.29, 1.82) is 0 Å². The Morgan fingerprint density at radius 2 is 1.90 bits per heavy atom. The van der Waals surface area contributed by atoms with Gasteiger partial charge >= 0.3 is 0 Å². The maximum absolute atomic E-state index is 12.8. The summed E-state index contributed by atoms with van der Waals surface area (Å²) >= 11 is 0. The monoisotopic (exact) mass is 285 g/mol. The molecule has 1 aliphatic rings. The minimum absolute atomic E-state index is 0.0543. The van der Waals surface area contributed by atoms with E-state index in [2.05, 4.69) is 4.98 Å². The molecule has 2 amide bonds. The summed E-state index contributed by atoms with van der Waals surface area (Å²) in [6, 6.07) is 6.01. The van der Waals surface area contributed by atoms with Crippen molar-refractivity contribution in [3.05, 3.63) is 35.0 Å². The molecule has 5 heteroatoms. The van der Waals surface area contributed by atoms with Crippen LogP contribution in [0.1, 0.15) is 21.6 Å². The van der Waals surface area contributed by atoms with Crippen molar-refractivity contribution < 1.29 is 9.59 Å². The van der Waals surface area contributed by atoms with Crippen molar-refractivity contribution in [2.75, 3.05) is 26.2 Å². The summed E-state index contributed by atoms with van der Waals surface area (Å²) < 4.78 is 0. The Bertz CT molecular complexity index is 697. The van der Waals surface area contributed by atoms with Gasteiger partial charge in [0.05, 0.1) is 5.56 Å². The third-order valence-corrected chi connectivity index (χ3v) is 4.18. The molecule has 0 saturated carbocycles. The van der Waals surface area contributed by atoms with E-state index in [1.807, 2.05) is 36.9 Å². The molecular weight excluding hydrogens is 266 g/mol. The second-order valence-electron chi connectivity index (χ2n) is 5.56. The van der Waals surface area contributed by atoms with E-state index in [0.717, 1.165) is 34.1 Å². The van der Waals surface area contributed by atoms with E-state index < -0.39 is 0 Å². The molecule has 2 aromatic rings. The van der Waals surface area contributed by atoms with Gasteiger partial charge in [-0.3, -0.25) is 9.59 Å². The van der Waals surface area contributed by atoms with Crippen LogP contribution in [0.5, 0.6) is 0 Å². The summed E-state index contributed by atoms with van der Waals surface area (Å²) in [4.78, 5) is 30.4.